The number of methoxy groups -OCH3 is 2. The van der Waals surface area contributed by atoms with E-state index in [0.717, 1.165) is 30.7 Å². The highest BCUT2D eigenvalue weighted by molar-refractivity contribution is 7.84. The van der Waals surface area contributed by atoms with Crippen LogP contribution in [0, 0.1) is 0 Å². The third-order valence-corrected chi connectivity index (χ3v) is 5.99. The van der Waals surface area contributed by atoms with Crippen LogP contribution in [-0.4, -0.2) is 34.0 Å². The summed E-state index contributed by atoms with van der Waals surface area (Å²) in [5.41, 5.74) is 2.39. The van der Waals surface area contributed by atoms with Gasteiger partial charge in [-0.25, -0.2) is 8.51 Å². The molecule has 1 aliphatic heterocycles. The van der Waals surface area contributed by atoms with Crippen LogP contribution in [0.25, 0.3) is 0 Å². The van der Waals surface area contributed by atoms with E-state index < -0.39 is 11.0 Å². The Kier molecular flexibility index (Phi) is 5.53. The first kappa shape index (κ1) is 18.0. The van der Waals surface area contributed by atoms with Crippen LogP contribution in [0.15, 0.2) is 24.8 Å². The van der Waals surface area contributed by atoms with Crippen molar-refractivity contribution in [2.24, 2.45) is 0 Å². The first-order valence-corrected chi connectivity index (χ1v) is 8.98. The molecule has 0 saturated carbocycles. The minimum atomic E-state index is -1.06. The molecule has 2 atom stereocenters. The summed E-state index contributed by atoms with van der Waals surface area (Å²) in [6.07, 6.45) is 3.50. The highest BCUT2D eigenvalue weighted by atomic mass is 32.2. The molecule has 0 fully saturated rings. The first-order valence-electron chi connectivity index (χ1n) is 7.87. The molecule has 23 heavy (non-hydrogen) atoms. The summed E-state index contributed by atoms with van der Waals surface area (Å²) in [5, 5.41) is 0. The van der Waals surface area contributed by atoms with Gasteiger partial charge in [-0.2, -0.15) is 0 Å². The molecule has 4 nitrogen and oxygen atoms in total. The Balaban J connectivity index is 2.49. The summed E-state index contributed by atoms with van der Waals surface area (Å²) < 4.78 is 25.6. The second-order valence-corrected chi connectivity index (χ2v) is 8.89. The van der Waals surface area contributed by atoms with Gasteiger partial charge in [0, 0.05) is 6.54 Å². The maximum Gasteiger partial charge on any atom is 0.161 e. The maximum absolute atomic E-state index is 12.9. The van der Waals surface area contributed by atoms with Crippen LogP contribution in [0.1, 0.15) is 44.4 Å². The zero-order valence-corrected chi connectivity index (χ0v) is 15.5. The highest BCUT2D eigenvalue weighted by Crippen LogP contribution is 2.41. The Morgan fingerprint density at radius 3 is 2.43 bits per heavy atom. The molecule has 0 aromatic heterocycles. The third-order valence-electron chi connectivity index (χ3n) is 4.08. The average molecular weight is 337 g/mol. The van der Waals surface area contributed by atoms with E-state index in [1.807, 2.05) is 39.0 Å². The molecule has 0 spiro atoms. The first-order chi connectivity index (χ1) is 10.8. The van der Waals surface area contributed by atoms with Gasteiger partial charge in [0.1, 0.15) is 11.0 Å². The lowest BCUT2D eigenvalue weighted by Crippen LogP contribution is -2.43. The van der Waals surface area contributed by atoms with E-state index in [1.165, 1.54) is 5.56 Å². The quantitative estimate of drug-likeness (QED) is 0.770. The van der Waals surface area contributed by atoms with E-state index in [1.54, 1.807) is 14.2 Å². The number of benzene rings is 1. The van der Waals surface area contributed by atoms with Crippen molar-refractivity contribution in [2.45, 2.75) is 44.4 Å². The van der Waals surface area contributed by atoms with Crippen LogP contribution in [0.5, 0.6) is 11.5 Å². The molecule has 128 valence electrons. The number of hydrogen-bond acceptors (Lipinski definition) is 3. The van der Waals surface area contributed by atoms with E-state index in [4.69, 9.17) is 9.47 Å². The van der Waals surface area contributed by atoms with Crippen molar-refractivity contribution >= 4 is 11.0 Å². The Hall–Kier alpha value is -1.33. The van der Waals surface area contributed by atoms with Crippen LogP contribution < -0.4 is 9.47 Å². The predicted molar refractivity (Wildman–Crippen MR) is 95.4 cm³/mol. The highest BCUT2D eigenvalue weighted by Gasteiger charge is 2.35. The molecule has 0 N–H and O–H groups in total. The summed E-state index contributed by atoms with van der Waals surface area (Å²) in [4.78, 5) is 0. The number of rotatable bonds is 5. The van der Waals surface area contributed by atoms with Crippen LogP contribution >= 0.6 is 0 Å². The van der Waals surface area contributed by atoms with E-state index in [0.29, 0.717) is 5.75 Å². The summed E-state index contributed by atoms with van der Waals surface area (Å²) in [6.45, 7) is 10.7. The number of hydrogen-bond donors (Lipinski definition) is 0. The standard InChI is InChI=1S/C18H27NO3S/c1-7-8-15-14-12-17(22-6)16(21-5)11-13(14)9-10-19(15)23(20)18(2,3)4/h7,11-12,15H,1,8-10H2,2-6H3/t15-,23?/m1/s1. The Morgan fingerprint density at radius 2 is 1.91 bits per heavy atom. The van der Waals surface area contributed by atoms with Gasteiger partial charge < -0.3 is 9.47 Å². The lowest BCUT2D eigenvalue weighted by atomic mass is 9.92. The summed E-state index contributed by atoms with van der Waals surface area (Å²) in [6, 6.07) is 4.12. The fraction of sp³-hybridized carbons (Fsp3) is 0.556. The molecule has 2 rings (SSSR count). The SMILES string of the molecule is C=CC[C@@H]1c2cc(OC)c(OC)cc2CCN1S(=O)C(C)(C)C. The van der Waals surface area contributed by atoms with Crippen molar-refractivity contribution in [1.82, 2.24) is 4.31 Å². The fourth-order valence-electron chi connectivity index (χ4n) is 2.96. The monoisotopic (exact) mass is 337 g/mol. The molecule has 0 bridgehead atoms. The molecule has 1 aliphatic rings. The Morgan fingerprint density at radius 1 is 1.30 bits per heavy atom. The van der Waals surface area contributed by atoms with Crippen molar-refractivity contribution in [3.63, 3.8) is 0 Å². The molecule has 1 heterocycles. The van der Waals surface area contributed by atoms with Crippen molar-refractivity contribution in [1.29, 1.82) is 0 Å². The van der Waals surface area contributed by atoms with Crippen molar-refractivity contribution in [3.8, 4) is 11.5 Å². The minimum absolute atomic E-state index is 0.0520. The number of nitrogens with zero attached hydrogens (tertiary/aromatic N) is 1. The lowest BCUT2D eigenvalue weighted by molar-refractivity contribution is 0.313. The summed E-state index contributed by atoms with van der Waals surface area (Å²) >= 11 is 0. The third kappa shape index (κ3) is 3.61. The molecule has 1 aromatic rings. The number of ether oxygens (including phenoxy) is 2. The van der Waals surface area contributed by atoms with E-state index in [2.05, 4.69) is 10.9 Å². The molecular formula is C18H27NO3S. The second-order valence-electron chi connectivity index (χ2n) is 6.70. The summed E-state index contributed by atoms with van der Waals surface area (Å²) in [5.74, 6) is 1.46. The largest absolute Gasteiger partial charge is 0.493 e. The van der Waals surface area contributed by atoms with Crippen molar-refractivity contribution in [3.05, 3.63) is 35.9 Å². The van der Waals surface area contributed by atoms with Gasteiger partial charge in [-0.15, -0.1) is 6.58 Å². The van der Waals surface area contributed by atoms with Crippen molar-refractivity contribution < 1.29 is 13.7 Å². The van der Waals surface area contributed by atoms with Crippen LogP contribution in [-0.2, 0) is 17.4 Å². The molecule has 0 radical (unpaired) electrons. The topological polar surface area (TPSA) is 38.8 Å². The zero-order valence-electron chi connectivity index (χ0n) is 14.7. The van der Waals surface area contributed by atoms with Crippen molar-refractivity contribution in [2.75, 3.05) is 20.8 Å². The molecule has 0 saturated heterocycles. The second kappa shape index (κ2) is 7.05. The minimum Gasteiger partial charge on any atom is -0.493 e. The molecule has 5 heteroatoms. The van der Waals surface area contributed by atoms with Gasteiger partial charge in [0.2, 0.25) is 0 Å². The molecule has 1 unspecified atom stereocenters. The lowest BCUT2D eigenvalue weighted by Gasteiger charge is -2.39. The van der Waals surface area contributed by atoms with E-state index in [9.17, 15) is 4.21 Å². The van der Waals surface area contributed by atoms with Gasteiger partial charge in [0.15, 0.2) is 11.5 Å². The predicted octanol–water partition coefficient (Wildman–Crippen LogP) is 3.64. The number of fused-ring (bicyclic) bond motifs is 1. The maximum atomic E-state index is 12.9. The van der Waals surface area contributed by atoms with Gasteiger partial charge in [0.05, 0.1) is 25.0 Å². The molecule has 1 aromatic carbocycles. The molecule has 0 aliphatic carbocycles. The van der Waals surface area contributed by atoms with Gasteiger partial charge in [-0.05, 0) is 56.9 Å². The van der Waals surface area contributed by atoms with E-state index in [-0.39, 0.29) is 10.8 Å². The average Bonchev–Trinajstić information content (AvgIpc) is 2.52. The Labute approximate surface area is 142 Å². The van der Waals surface area contributed by atoms with Crippen LogP contribution in [0.2, 0.25) is 0 Å². The smallest absolute Gasteiger partial charge is 0.161 e. The zero-order chi connectivity index (χ0) is 17.2. The van der Waals surface area contributed by atoms with Crippen LogP contribution in [0.4, 0.5) is 0 Å². The van der Waals surface area contributed by atoms with Crippen LogP contribution in [0.3, 0.4) is 0 Å². The van der Waals surface area contributed by atoms with Gasteiger partial charge in [0.25, 0.3) is 0 Å². The summed E-state index contributed by atoms with van der Waals surface area (Å²) in [7, 11) is 2.22. The molecule has 0 amide bonds. The normalized spacial score (nSPS) is 19.8. The Bertz CT molecular complexity index is 607. The van der Waals surface area contributed by atoms with E-state index >= 15 is 0 Å². The van der Waals surface area contributed by atoms with Gasteiger partial charge in [-0.3, -0.25) is 0 Å². The fourth-order valence-corrected chi connectivity index (χ4v) is 4.35. The molecular weight excluding hydrogens is 310 g/mol. The van der Waals surface area contributed by atoms with Gasteiger partial charge >= 0.3 is 0 Å². The van der Waals surface area contributed by atoms with Gasteiger partial charge in [-0.1, -0.05) is 6.08 Å².